The average Bonchev–Trinajstić information content (AvgIpc) is 2.64. The van der Waals surface area contributed by atoms with Gasteiger partial charge in [0.1, 0.15) is 5.92 Å². The van der Waals surface area contributed by atoms with Crippen molar-refractivity contribution in [1.82, 2.24) is 9.88 Å². The summed E-state index contributed by atoms with van der Waals surface area (Å²) in [6, 6.07) is 10.8. The number of amides is 1. The lowest BCUT2D eigenvalue weighted by Gasteiger charge is -2.50. The smallest absolute Gasteiger partial charge is 0.313 e. The van der Waals surface area contributed by atoms with Crippen LogP contribution in [0.2, 0.25) is 0 Å². The van der Waals surface area contributed by atoms with E-state index in [0.717, 1.165) is 5.56 Å². The van der Waals surface area contributed by atoms with Crippen LogP contribution in [-0.4, -0.2) is 32.4 Å². The van der Waals surface area contributed by atoms with Gasteiger partial charge in [0.25, 0.3) is 5.91 Å². The summed E-state index contributed by atoms with van der Waals surface area (Å²) in [5.74, 6) is -1.74. The third-order valence-electron chi connectivity index (χ3n) is 5.36. The fourth-order valence-electron chi connectivity index (χ4n) is 4.04. The van der Waals surface area contributed by atoms with Crippen LogP contribution in [0.1, 0.15) is 54.1 Å². The molecule has 3 rings (SSSR count). The number of hydrogen-bond donors (Lipinski definition) is 1. The third-order valence-corrected chi connectivity index (χ3v) is 5.36. The van der Waals surface area contributed by atoms with E-state index in [1.807, 2.05) is 26.0 Å². The number of carboxylic acid groups (broad SMARTS) is 1. The van der Waals surface area contributed by atoms with Crippen LogP contribution in [0.25, 0.3) is 0 Å². The number of nitrogens with zero attached hydrogens (tertiary/aromatic N) is 2. The number of rotatable bonds is 5. The highest BCUT2D eigenvalue weighted by atomic mass is 16.4. The second-order valence-electron chi connectivity index (χ2n) is 6.42. The van der Waals surface area contributed by atoms with E-state index >= 15 is 0 Å². The number of benzene rings is 1. The van der Waals surface area contributed by atoms with Crippen LogP contribution in [0.15, 0.2) is 48.8 Å². The van der Waals surface area contributed by atoms with Crippen molar-refractivity contribution >= 4 is 11.9 Å². The van der Waals surface area contributed by atoms with Crippen molar-refractivity contribution in [3.63, 3.8) is 0 Å². The summed E-state index contributed by atoms with van der Waals surface area (Å²) >= 11 is 0. The molecule has 1 atom stereocenters. The standard InChI is InChI=1S/C20H22N2O3/c1-3-20(4-2)17(19(24)25)15-9-5-6-10-16(15)18(23)22(20)13-14-8-7-11-21-12-14/h5-12,17H,3-4,13H2,1-2H3,(H,24,25). The summed E-state index contributed by atoms with van der Waals surface area (Å²) in [5.41, 5.74) is 1.24. The summed E-state index contributed by atoms with van der Waals surface area (Å²) in [6.07, 6.45) is 4.55. The van der Waals surface area contributed by atoms with Gasteiger partial charge >= 0.3 is 5.97 Å². The molecule has 25 heavy (non-hydrogen) atoms. The second kappa shape index (κ2) is 6.67. The van der Waals surface area contributed by atoms with Gasteiger partial charge in [-0.15, -0.1) is 0 Å². The van der Waals surface area contributed by atoms with Crippen molar-refractivity contribution in [1.29, 1.82) is 0 Å². The summed E-state index contributed by atoms with van der Waals surface area (Å²) < 4.78 is 0. The lowest BCUT2D eigenvalue weighted by molar-refractivity contribution is -0.143. The lowest BCUT2D eigenvalue weighted by atomic mass is 9.69. The lowest BCUT2D eigenvalue weighted by Crippen LogP contribution is -2.59. The summed E-state index contributed by atoms with van der Waals surface area (Å²) in [4.78, 5) is 31.3. The molecule has 1 unspecified atom stereocenters. The first-order valence-corrected chi connectivity index (χ1v) is 8.57. The molecule has 2 aromatic rings. The van der Waals surface area contributed by atoms with E-state index in [4.69, 9.17) is 0 Å². The van der Waals surface area contributed by atoms with Crippen LogP contribution in [0.5, 0.6) is 0 Å². The number of aliphatic carboxylic acids is 1. The number of hydrogen-bond acceptors (Lipinski definition) is 3. The van der Waals surface area contributed by atoms with Gasteiger partial charge in [0, 0.05) is 24.5 Å². The monoisotopic (exact) mass is 338 g/mol. The Labute approximate surface area is 147 Å². The molecule has 5 heteroatoms. The first-order valence-electron chi connectivity index (χ1n) is 8.57. The van der Waals surface area contributed by atoms with E-state index in [1.165, 1.54) is 0 Å². The maximum absolute atomic E-state index is 13.2. The van der Waals surface area contributed by atoms with Crippen LogP contribution in [0.3, 0.4) is 0 Å². The van der Waals surface area contributed by atoms with Crippen molar-refractivity contribution in [3.8, 4) is 0 Å². The molecule has 0 bridgehead atoms. The van der Waals surface area contributed by atoms with Crippen molar-refractivity contribution in [3.05, 3.63) is 65.5 Å². The van der Waals surface area contributed by atoms with Crippen molar-refractivity contribution < 1.29 is 14.7 Å². The van der Waals surface area contributed by atoms with Gasteiger partial charge in [-0.05, 0) is 36.1 Å². The van der Waals surface area contributed by atoms with E-state index < -0.39 is 17.4 Å². The minimum atomic E-state index is -0.889. The zero-order valence-corrected chi connectivity index (χ0v) is 14.5. The van der Waals surface area contributed by atoms with E-state index in [9.17, 15) is 14.7 Å². The van der Waals surface area contributed by atoms with Crippen LogP contribution in [0, 0.1) is 0 Å². The molecule has 0 saturated heterocycles. The number of aromatic nitrogens is 1. The molecular weight excluding hydrogens is 316 g/mol. The molecule has 0 aliphatic carbocycles. The van der Waals surface area contributed by atoms with E-state index in [1.54, 1.807) is 41.6 Å². The van der Waals surface area contributed by atoms with Crippen LogP contribution in [0.4, 0.5) is 0 Å². The van der Waals surface area contributed by atoms with Gasteiger partial charge in [0.05, 0.1) is 5.54 Å². The van der Waals surface area contributed by atoms with Crippen molar-refractivity contribution in [2.24, 2.45) is 0 Å². The molecule has 0 radical (unpaired) electrons. The van der Waals surface area contributed by atoms with Gasteiger partial charge in [0.15, 0.2) is 0 Å². The topological polar surface area (TPSA) is 70.5 Å². The summed E-state index contributed by atoms with van der Waals surface area (Å²) in [6.45, 7) is 4.26. The maximum Gasteiger partial charge on any atom is 0.313 e. The fraction of sp³-hybridized carbons (Fsp3) is 0.350. The van der Waals surface area contributed by atoms with Gasteiger partial charge in [-0.2, -0.15) is 0 Å². The molecule has 0 spiro atoms. The molecule has 1 N–H and O–H groups in total. The average molecular weight is 338 g/mol. The van der Waals surface area contributed by atoms with Crippen LogP contribution in [-0.2, 0) is 11.3 Å². The zero-order valence-electron chi connectivity index (χ0n) is 14.5. The number of carbonyl (C=O) groups excluding carboxylic acids is 1. The molecule has 130 valence electrons. The first-order chi connectivity index (χ1) is 12.0. The highest BCUT2D eigenvalue weighted by molar-refractivity contribution is 6.00. The van der Waals surface area contributed by atoms with Crippen LogP contribution >= 0.6 is 0 Å². The van der Waals surface area contributed by atoms with Crippen LogP contribution < -0.4 is 0 Å². The fourth-order valence-corrected chi connectivity index (χ4v) is 4.04. The van der Waals surface area contributed by atoms with E-state index in [-0.39, 0.29) is 5.91 Å². The Morgan fingerprint density at radius 1 is 1.20 bits per heavy atom. The van der Waals surface area contributed by atoms with Gasteiger partial charge < -0.3 is 10.0 Å². The molecule has 2 heterocycles. The molecule has 0 fully saturated rings. The second-order valence-corrected chi connectivity index (χ2v) is 6.42. The Balaban J connectivity index is 2.18. The minimum Gasteiger partial charge on any atom is -0.481 e. The minimum absolute atomic E-state index is 0.111. The molecule has 1 amide bonds. The van der Waals surface area contributed by atoms with Gasteiger partial charge in [-0.25, -0.2) is 0 Å². The van der Waals surface area contributed by atoms with Gasteiger partial charge in [0.2, 0.25) is 0 Å². The summed E-state index contributed by atoms with van der Waals surface area (Å²) in [5, 5.41) is 10.0. The molecule has 0 saturated carbocycles. The first kappa shape index (κ1) is 17.1. The molecule has 5 nitrogen and oxygen atoms in total. The van der Waals surface area contributed by atoms with Gasteiger partial charge in [-0.1, -0.05) is 38.1 Å². The Bertz CT molecular complexity index is 785. The normalized spacial score (nSPS) is 18.7. The molecule has 1 aliphatic rings. The Morgan fingerprint density at radius 2 is 1.92 bits per heavy atom. The number of pyridine rings is 1. The highest BCUT2D eigenvalue weighted by Gasteiger charge is 2.52. The SMILES string of the molecule is CCC1(CC)C(C(=O)O)c2ccccc2C(=O)N1Cc1cccnc1. The molecule has 1 aromatic carbocycles. The van der Waals surface area contributed by atoms with E-state index in [2.05, 4.69) is 4.98 Å². The van der Waals surface area contributed by atoms with Gasteiger partial charge in [-0.3, -0.25) is 14.6 Å². The highest BCUT2D eigenvalue weighted by Crippen LogP contribution is 2.45. The van der Waals surface area contributed by atoms with Crippen molar-refractivity contribution in [2.75, 3.05) is 0 Å². The zero-order chi connectivity index (χ0) is 18.0. The quantitative estimate of drug-likeness (QED) is 0.906. The molecular formula is C20H22N2O3. The summed E-state index contributed by atoms with van der Waals surface area (Å²) in [7, 11) is 0. The largest absolute Gasteiger partial charge is 0.481 e. The Kier molecular flexibility index (Phi) is 4.57. The molecule has 1 aromatic heterocycles. The Morgan fingerprint density at radius 3 is 2.52 bits per heavy atom. The predicted molar refractivity (Wildman–Crippen MR) is 94.2 cm³/mol. The molecule has 1 aliphatic heterocycles. The Hall–Kier alpha value is -2.69. The maximum atomic E-state index is 13.2. The predicted octanol–water partition coefficient (Wildman–Crippen LogP) is 3.46. The number of carbonyl (C=O) groups is 2. The third kappa shape index (κ3) is 2.69. The van der Waals surface area contributed by atoms with Crippen molar-refractivity contribution in [2.45, 2.75) is 44.7 Å². The van der Waals surface area contributed by atoms with E-state index in [0.29, 0.717) is 30.5 Å². The number of fused-ring (bicyclic) bond motifs is 1. The number of carboxylic acids is 1.